The summed E-state index contributed by atoms with van der Waals surface area (Å²) in [7, 11) is 0. The lowest BCUT2D eigenvalue weighted by Gasteiger charge is -2.22. The Hall–Kier alpha value is -2.18. The molecule has 3 heterocycles. The number of anilines is 1. The van der Waals surface area contributed by atoms with Crippen LogP contribution in [0, 0.1) is 0 Å². The van der Waals surface area contributed by atoms with Gasteiger partial charge in [-0.25, -0.2) is 15.0 Å². The number of aliphatic hydroxyl groups is 1. The van der Waals surface area contributed by atoms with Crippen molar-refractivity contribution in [1.29, 1.82) is 0 Å². The number of hydrogen-bond donors (Lipinski definition) is 1. The molecule has 142 valence electrons. The summed E-state index contributed by atoms with van der Waals surface area (Å²) < 4.78 is 2.02. The normalized spacial score (nSPS) is 17.8. The molecule has 6 nitrogen and oxygen atoms in total. The number of β-amino-alcohol motifs (C(OH)–C–C–N with tert-alkyl or cyclic N) is 1. The fraction of sp³-hybridized carbons (Fsp3) is 0.450. The number of aromatic nitrogens is 4. The van der Waals surface area contributed by atoms with E-state index in [9.17, 15) is 5.11 Å². The molecule has 0 aliphatic carbocycles. The van der Waals surface area contributed by atoms with Gasteiger partial charge in [-0.1, -0.05) is 50.6 Å². The number of hydrogen-bond acceptors (Lipinski definition) is 5. The highest BCUT2D eigenvalue weighted by molar-refractivity contribution is 6.31. The van der Waals surface area contributed by atoms with Gasteiger partial charge in [0.2, 0.25) is 0 Å². The van der Waals surface area contributed by atoms with Gasteiger partial charge in [0.1, 0.15) is 5.82 Å². The molecular formula is C20H24ClN5O. The van der Waals surface area contributed by atoms with Gasteiger partial charge in [-0.2, -0.15) is 0 Å². The fourth-order valence-electron chi connectivity index (χ4n) is 3.35. The third kappa shape index (κ3) is 3.51. The molecule has 1 aliphatic rings. The predicted molar refractivity (Wildman–Crippen MR) is 107 cm³/mol. The molecule has 7 heteroatoms. The minimum atomic E-state index is -0.321. The van der Waals surface area contributed by atoms with Crippen molar-refractivity contribution in [2.45, 2.75) is 45.3 Å². The molecule has 1 aliphatic heterocycles. The quantitative estimate of drug-likeness (QED) is 0.748. The molecule has 0 saturated carbocycles. The lowest BCUT2D eigenvalue weighted by atomic mass is 9.96. The molecule has 3 aromatic rings. The SMILES string of the molecule is CC(C)(C)c1nc(N2CC[C@H](O)C2)c2ncn(Cc3ccccc3Cl)c2n1. The Bertz CT molecular complexity index is 978. The van der Waals surface area contributed by atoms with Crippen LogP contribution in [0.25, 0.3) is 11.2 Å². The van der Waals surface area contributed by atoms with Crippen molar-refractivity contribution >= 4 is 28.6 Å². The number of fused-ring (bicyclic) bond motifs is 1. The largest absolute Gasteiger partial charge is 0.391 e. The molecule has 1 aromatic carbocycles. The highest BCUT2D eigenvalue weighted by Crippen LogP contribution is 2.30. The Kier molecular flexibility index (Phi) is 4.56. The van der Waals surface area contributed by atoms with E-state index in [4.69, 9.17) is 21.6 Å². The molecule has 0 unspecified atom stereocenters. The van der Waals surface area contributed by atoms with Gasteiger partial charge in [-0.15, -0.1) is 0 Å². The van der Waals surface area contributed by atoms with Crippen LogP contribution in [0.1, 0.15) is 38.6 Å². The second kappa shape index (κ2) is 6.77. The molecule has 27 heavy (non-hydrogen) atoms. The number of aliphatic hydroxyl groups excluding tert-OH is 1. The van der Waals surface area contributed by atoms with Crippen molar-refractivity contribution in [3.63, 3.8) is 0 Å². The third-order valence-electron chi connectivity index (χ3n) is 4.88. The van der Waals surface area contributed by atoms with E-state index in [2.05, 4.69) is 30.7 Å². The topological polar surface area (TPSA) is 67.1 Å². The Labute approximate surface area is 163 Å². The van der Waals surface area contributed by atoms with Gasteiger partial charge in [0.05, 0.1) is 19.0 Å². The lowest BCUT2D eigenvalue weighted by Crippen LogP contribution is -2.25. The minimum Gasteiger partial charge on any atom is -0.391 e. The molecule has 1 atom stereocenters. The number of benzene rings is 1. The first-order valence-corrected chi connectivity index (χ1v) is 9.60. The maximum atomic E-state index is 9.97. The summed E-state index contributed by atoms with van der Waals surface area (Å²) in [6.45, 7) is 8.25. The first-order valence-electron chi connectivity index (χ1n) is 9.22. The standard InChI is InChI=1S/C20H24ClN5O/c1-20(2,3)19-23-17(25-9-8-14(27)11-25)16-18(24-19)26(12-22-16)10-13-6-4-5-7-15(13)21/h4-7,12,14,27H,8-11H2,1-3H3/t14-/m0/s1. The Morgan fingerprint density at radius 1 is 1.22 bits per heavy atom. The molecule has 1 N–H and O–H groups in total. The smallest absolute Gasteiger partial charge is 0.166 e. The van der Waals surface area contributed by atoms with Crippen LogP contribution in [0.5, 0.6) is 0 Å². The highest BCUT2D eigenvalue weighted by atomic mass is 35.5. The van der Waals surface area contributed by atoms with Gasteiger partial charge in [0.15, 0.2) is 17.0 Å². The van der Waals surface area contributed by atoms with Gasteiger partial charge >= 0.3 is 0 Å². The van der Waals surface area contributed by atoms with E-state index in [0.717, 1.165) is 46.4 Å². The van der Waals surface area contributed by atoms with Gasteiger partial charge < -0.3 is 14.6 Å². The average Bonchev–Trinajstić information content (AvgIpc) is 3.22. The molecular weight excluding hydrogens is 362 g/mol. The molecule has 1 saturated heterocycles. The predicted octanol–water partition coefficient (Wildman–Crippen LogP) is 3.40. The number of imidazole rings is 1. The van der Waals surface area contributed by atoms with Crippen LogP contribution in [0.3, 0.4) is 0 Å². The van der Waals surface area contributed by atoms with Gasteiger partial charge in [0.25, 0.3) is 0 Å². The summed E-state index contributed by atoms with van der Waals surface area (Å²) in [5.74, 6) is 1.58. The van der Waals surface area contributed by atoms with Crippen molar-refractivity contribution in [2.75, 3.05) is 18.0 Å². The summed E-state index contributed by atoms with van der Waals surface area (Å²) in [5.41, 5.74) is 2.39. The molecule has 4 rings (SSSR count). The van der Waals surface area contributed by atoms with E-state index in [1.54, 1.807) is 6.33 Å². The molecule has 0 radical (unpaired) electrons. The second-order valence-corrected chi connectivity index (χ2v) is 8.55. The van der Waals surface area contributed by atoms with E-state index in [0.29, 0.717) is 13.1 Å². The van der Waals surface area contributed by atoms with Crippen molar-refractivity contribution in [2.24, 2.45) is 0 Å². The second-order valence-electron chi connectivity index (χ2n) is 8.15. The van der Waals surface area contributed by atoms with Crippen LogP contribution in [0.2, 0.25) is 5.02 Å². The molecule has 0 bridgehead atoms. The zero-order chi connectivity index (χ0) is 19.2. The maximum Gasteiger partial charge on any atom is 0.166 e. The zero-order valence-electron chi connectivity index (χ0n) is 15.9. The van der Waals surface area contributed by atoms with Crippen LogP contribution in [-0.4, -0.2) is 43.8 Å². The summed E-state index contributed by atoms with van der Waals surface area (Å²) in [4.78, 5) is 16.4. The summed E-state index contributed by atoms with van der Waals surface area (Å²) in [6.07, 6.45) is 2.22. The van der Waals surface area contributed by atoms with Crippen LogP contribution in [0.4, 0.5) is 5.82 Å². The third-order valence-corrected chi connectivity index (χ3v) is 5.25. The van der Waals surface area contributed by atoms with E-state index in [1.807, 2.05) is 28.8 Å². The van der Waals surface area contributed by atoms with Crippen LogP contribution in [-0.2, 0) is 12.0 Å². The van der Waals surface area contributed by atoms with Crippen molar-refractivity contribution in [3.05, 3.63) is 47.0 Å². The molecule has 1 fully saturated rings. The van der Waals surface area contributed by atoms with Crippen molar-refractivity contribution in [3.8, 4) is 0 Å². The van der Waals surface area contributed by atoms with Crippen LogP contribution >= 0.6 is 11.6 Å². The fourth-order valence-corrected chi connectivity index (χ4v) is 3.54. The zero-order valence-corrected chi connectivity index (χ0v) is 16.6. The summed E-state index contributed by atoms with van der Waals surface area (Å²) in [6, 6.07) is 7.81. The molecule has 0 spiro atoms. The highest BCUT2D eigenvalue weighted by Gasteiger charge is 2.28. The van der Waals surface area contributed by atoms with E-state index < -0.39 is 0 Å². The first kappa shape index (κ1) is 18.2. The number of halogens is 1. The lowest BCUT2D eigenvalue weighted by molar-refractivity contribution is 0.198. The van der Waals surface area contributed by atoms with Crippen molar-refractivity contribution < 1.29 is 5.11 Å². The van der Waals surface area contributed by atoms with E-state index >= 15 is 0 Å². The Morgan fingerprint density at radius 2 is 2.00 bits per heavy atom. The molecule has 0 amide bonds. The van der Waals surface area contributed by atoms with Gasteiger partial charge in [0, 0.05) is 23.5 Å². The Morgan fingerprint density at radius 3 is 2.67 bits per heavy atom. The van der Waals surface area contributed by atoms with Crippen LogP contribution in [0.15, 0.2) is 30.6 Å². The van der Waals surface area contributed by atoms with E-state index in [-0.39, 0.29) is 11.5 Å². The van der Waals surface area contributed by atoms with E-state index in [1.165, 1.54) is 0 Å². The van der Waals surface area contributed by atoms with Crippen molar-refractivity contribution in [1.82, 2.24) is 19.5 Å². The minimum absolute atomic E-state index is 0.194. The maximum absolute atomic E-state index is 9.97. The Balaban J connectivity index is 1.84. The van der Waals surface area contributed by atoms with Gasteiger partial charge in [-0.05, 0) is 18.1 Å². The first-order chi connectivity index (χ1) is 12.8. The molecule has 2 aromatic heterocycles. The number of nitrogens with zero attached hydrogens (tertiary/aromatic N) is 5. The monoisotopic (exact) mass is 385 g/mol. The average molecular weight is 386 g/mol. The van der Waals surface area contributed by atoms with Gasteiger partial charge in [-0.3, -0.25) is 0 Å². The number of rotatable bonds is 3. The summed E-state index contributed by atoms with van der Waals surface area (Å²) >= 11 is 6.34. The van der Waals surface area contributed by atoms with Crippen LogP contribution < -0.4 is 4.90 Å². The summed E-state index contributed by atoms with van der Waals surface area (Å²) in [5, 5.41) is 10.7.